The minimum absolute atomic E-state index is 0.117. The molecule has 1 unspecified atom stereocenters. The lowest BCUT2D eigenvalue weighted by molar-refractivity contribution is -0.384. The maximum Gasteiger partial charge on any atom is 0.326 e. The van der Waals surface area contributed by atoms with Gasteiger partial charge in [0, 0.05) is 6.07 Å². The predicted octanol–water partition coefficient (Wildman–Crippen LogP) is 2.62. The average Bonchev–Trinajstić information content (AvgIpc) is 2.42. The van der Waals surface area contributed by atoms with Gasteiger partial charge >= 0.3 is 5.97 Å². The Morgan fingerprint density at radius 3 is 2.67 bits per heavy atom. The van der Waals surface area contributed by atoms with Crippen LogP contribution in [0.25, 0.3) is 0 Å². The molecule has 2 N–H and O–H groups in total. The molecule has 0 aliphatic heterocycles. The summed E-state index contributed by atoms with van der Waals surface area (Å²) in [6, 6.07) is 2.75. The number of carbonyl (C=O) groups excluding carboxylic acids is 1. The van der Waals surface area contributed by atoms with E-state index in [9.17, 15) is 19.7 Å². The van der Waals surface area contributed by atoms with Gasteiger partial charge in [-0.1, -0.05) is 37.4 Å². The highest BCUT2D eigenvalue weighted by molar-refractivity contribution is 6.35. The number of carboxylic acid groups (broad SMARTS) is 1. The van der Waals surface area contributed by atoms with Crippen molar-refractivity contribution in [3.05, 3.63) is 38.9 Å². The smallest absolute Gasteiger partial charge is 0.326 e. The number of unbranched alkanes of at least 4 members (excludes halogenated alkanes) is 1. The number of carbonyl (C=O) groups is 2. The average molecular weight is 315 g/mol. The van der Waals surface area contributed by atoms with Gasteiger partial charge in [0.1, 0.15) is 11.1 Å². The maximum absolute atomic E-state index is 12.0. The molecule has 114 valence electrons. The Hall–Kier alpha value is -2.15. The van der Waals surface area contributed by atoms with E-state index in [-0.39, 0.29) is 17.0 Å². The number of benzene rings is 1. The van der Waals surface area contributed by atoms with E-state index in [2.05, 4.69) is 5.32 Å². The predicted molar refractivity (Wildman–Crippen MR) is 76.5 cm³/mol. The zero-order valence-electron chi connectivity index (χ0n) is 11.3. The molecule has 1 aromatic carbocycles. The summed E-state index contributed by atoms with van der Waals surface area (Å²) in [5.41, 5.74) is -0.515. The Morgan fingerprint density at radius 2 is 2.14 bits per heavy atom. The third kappa shape index (κ3) is 4.42. The minimum Gasteiger partial charge on any atom is -0.480 e. The molecule has 0 bridgehead atoms. The van der Waals surface area contributed by atoms with Crippen LogP contribution in [0.3, 0.4) is 0 Å². The van der Waals surface area contributed by atoms with Crippen molar-refractivity contribution in [2.24, 2.45) is 0 Å². The first-order chi connectivity index (χ1) is 9.88. The van der Waals surface area contributed by atoms with Gasteiger partial charge in [0.05, 0.1) is 10.5 Å². The molecular weight excluding hydrogens is 300 g/mol. The number of nitrogens with zero attached hydrogens (tertiary/aromatic N) is 1. The second-order valence-electron chi connectivity index (χ2n) is 4.40. The summed E-state index contributed by atoms with van der Waals surface area (Å²) in [6.07, 6.45) is 1.71. The van der Waals surface area contributed by atoms with Gasteiger partial charge in [-0.05, 0) is 12.5 Å². The van der Waals surface area contributed by atoms with E-state index in [1.54, 1.807) is 0 Å². The van der Waals surface area contributed by atoms with Gasteiger partial charge in [-0.3, -0.25) is 14.9 Å². The fraction of sp³-hybridized carbons (Fsp3) is 0.385. The van der Waals surface area contributed by atoms with Crippen LogP contribution in [0.4, 0.5) is 5.69 Å². The Balaban J connectivity index is 2.95. The number of amides is 1. The molecule has 8 heteroatoms. The second-order valence-corrected chi connectivity index (χ2v) is 4.78. The van der Waals surface area contributed by atoms with E-state index < -0.39 is 28.5 Å². The molecule has 0 spiro atoms. The fourth-order valence-electron chi connectivity index (χ4n) is 1.74. The summed E-state index contributed by atoms with van der Waals surface area (Å²) in [4.78, 5) is 33.2. The second kappa shape index (κ2) is 7.58. The van der Waals surface area contributed by atoms with Gasteiger partial charge in [0.25, 0.3) is 11.6 Å². The molecule has 0 saturated carbocycles. The zero-order chi connectivity index (χ0) is 16.0. The monoisotopic (exact) mass is 314 g/mol. The highest BCUT2D eigenvalue weighted by atomic mass is 35.5. The number of rotatable bonds is 7. The molecular formula is C13H15ClN2O5. The van der Waals surface area contributed by atoms with Gasteiger partial charge < -0.3 is 10.4 Å². The van der Waals surface area contributed by atoms with E-state index in [1.165, 1.54) is 18.2 Å². The number of nitro benzene ring substituents is 1. The largest absolute Gasteiger partial charge is 0.480 e. The van der Waals surface area contributed by atoms with Crippen LogP contribution in [0.5, 0.6) is 0 Å². The van der Waals surface area contributed by atoms with Crippen molar-refractivity contribution in [1.82, 2.24) is 5.32 Å². The van der Waals surface area contributed by atoms with Crippen molar-refractivity contribution in [3.63, 3.8) is 0 Å². The molecule has 0 heterocycles. The molecule has 21 heavy (non-hydrogen) atoms. The molecule has 7 nitrogen and oxygen atoms in total. The number of hydrogen-bond donors (Lipinski definition) is 2. The molecule has 0 aliphatic rings. The molecule has 1 aromatic rings. The first-order valence-corrected chi connectivity index (χ1v) is 6.72. The molecule has 0 aliphatic carbocycles. The lowest BCUT2D eigenvalue weighted by Gasteiger charge is -2.14. The van der Waals surface area contributed by atoms with Crippen molar-refractivity contribution < 1.29 is 19.6 Å². The van der Waals surface area contributed by atoms with Crippen LogP contribution >= 0.6 is 11.6 Å². The van der Waals surface area contributed by atoms with E-state index in [1.807, 2.05) is 6.92 Å². The normalized spacial score (nSPS) is 11.7. The SMILES string of the molecule is CCCCC(NC(=O)c1cccc([N+](=O)[O-])c1Cl)C(=O)O. The van der Waals surface area contributed by atoms with Gasteiger partial charge in [0.2, 0.25) is 0 Å². The van der Waals surface area contributed by atoms with Crippen LogP contribution in [0.1, 0.15) is 36.5 Å². The van der Waals surface area contributed by atoms with Crippen molar-refractivity contribution in [3.8, 4) is 0 Å². The van der Waals surface area contributed by atoms with E-state index in [0.29, 0.717) is 6.42 Å². The molecule has 0 fully saturated rings. The summed E-state index contributed by atoms with van der Waals surface area (Å²) >= 11 is 5.82. The van der Waals surface area contributed by atoms with Gasteiger partial charge in [0.15, 0.2) is 0 Å². The summed E-state index contributed by atoms with van der Waals surface area (Å²) in [7, 11) is 0. The Bertz CT molecular complexity index is 561. The lowest BCUT2D eigenvalue weighted by Crippen LogP contribution is -2.40. The van der Waals surface area contributed by atoms with Crippen LogP contribution in [0.2, 0.25) is 5.02 Å². The Kier molecular flexibility index (Phi) is 6.10. The highest BCUT2D eigenvalue weighted by Gasteiger charge is 2.24. The standard InChI is InChI=1S/C13H15ClN2O5/c1-2-3-6-9(13(18)19)15-12(17)8-5-4-7-10(11(8)14)16(20)21/h4-5,7,9H,2-3,6H2,1H3,(H,15,17)(H,18,19). The topological polar surface area (TPSA) is 110 Å². The molecule has 0 aromatic heterocycles. The summed E-state index contributed by atoms with van der Waals surface area (Å²) in [5.74, 6) is -1.90. The van der Waals surface area contributed by atoms with E-state index >= 15 is 0 Å². The first kappa shape index (κ1) is 16.9. The van der Waals surface area contributed by atoms with Gasteiger partial charge in [-0.15, -0.1) is 0 Å². The Labute approximate surface area is 126 Å². The molecule has 1 atom stereocenters. The van der Waals surface area contributed by atoms with Crippen LogP contribution in [0, 0.1) is 10.1 Å². The maximum atomic E-state index is 12.0. The van der Waals surface area contributed by atoms with Crippen LogP contribution in [-0.2, 0) is 4.79 Å². The highest BCUT2D eigenvalue weighted by Crippen LogP contribution is 2.27. The summed E-state index contributed by atoms with van der Waals surface area (Å²) in [5, 5.41) is 21.8. The fourth-order valence-corrected chi connectivity index (χ4v) is 2.02. The van der Waals surface area contributed by atoms with Crippen LogP contribution < -0.4 is 5.32 Å². The Morgan fingerprint density at radius 1 is 1.48 bits per heavy atom. The van der Waals surface area contributed by atoms with Crippen molar-refractivity contribution in [2.75, 3.05) is 0 Å². The van der Waals surface area contributed by atoms with E-state index in [0.717, 1.165) is 6.42 Å². The minimum atomic E-state index is -1.15. The van der Waals surface area contributed by atoms with Crippen LogP contribution in [-0.4, -0.2) is 27.9 Å². The van der Waals surface area contributed by atoms with Crippen molar-refractivity contribution >= 4 is 29.2 Å². The number of nitro groups is 1. The molecule has 1 amide bonds. The summed E-state index contributed by atoms with van der Waals surface area (Å²) < 4.78 is 0. The molecule has 1 rings (SSSR count). The number of carboxylic acids is 1. The van der Waals surface area contributed by atoms with E-state index in [4.69, 9.17) is 16.7 Å². The van der Waals surface area contributed by atoms with Crippen molar-refractivity contribution in [1.29, 1.82) is 0 Å². The number of halogens is 1. The molecule has 0 saturated heterocycles. The number of hydrogen-bond acceptors (Lipinski definition) is 4. The number of nitrogens with one attached hydrogen (secondary N) is 1. The lowest BCUT2D eigenvalue weighted by atomic mass is 10.1. The number of aliphatic carboxylic acids is 1. The van der Waals surface area contributed by atoms with Crippen molar-refractivity contribution in [2.45, 2.75) is 32.2 Å². The molecule has 0 radical (unpaired) electrons. The quantitative estimate of drug-likeness (QED) is 0.594. The zero-order valence-corrected chi connectivity index (χ0v) is 12.1. The third-order valence-electron chi connectivity index (χ3n) is 2.87. The third-order valence-corrected chi connectivity index (χ3v) is 3.27. The van der Waals surface area contributed by atoms with Gasteiger partial charge in [-0.25, -0.2) is 4.79 Å². The first-order valence-electron chi connectivity index (χ1n) is 6.35. The van der Waals surface area contributed by atoms with Crippen LogP contribution in [0.15, 0.2) is 18.2 Å². The van der Waals surface area contributed by atoms with Gasteiger partial charge in [-0.2, -0.15) is 0 Å². The summed E-state index contributed by atoms with van der Waals surface area (Å²) in [6.45, 7) is 1.90.